The van der Waals surface area contributed by atoms with Crippen LogP contribution in [0.2, 0.25) is 5.02 Å². The van der Waals surface area contributed by atoms with Crippen LogP contribution >= 0.6 is 11.6 Å². The average Bonchev–Trinajstić information content (AvgIpc) is 2.92. The van der Waals surface area contributed by atoms with Crippen LogP contribution in [0.4, 0.5) is 10.5 Å². The Morgan fingerprint density at radius 3 is 2.54 bits per heavy atom. The first kappa shape index (κ1) is 21.0. The zero-order chi connectivity index (χ0) is 20.6. The van der Waals surface area contributed by atoms with Gasteiger partial charge in [0.2, 0.25) is 0 Å². The van der Waals surface area contributed by atoms with Crippen LogP contribution in [0.1, 0.15) is 32.6 Å². The highest BCUT2D eigenvalue weighted by molar-refractivity contribution is 7.92. The summed E-state index contributed by atoms with van der Waals surface area (Å²) in [4.78, 5) is 14.0. The van der Waals surface area contributed by atoms with E-state index in [4.69, 9.17) is 11.6 Å². The van der Waals surface area contributed by atoms with E-state index in [-0.39, 0.29) is 27.7 Å². The topological polar surface area (TPSA) is 98.7 Å². The average molecular weight is 428 g/mol. The molecule has 1 fully saturated rings. The van der Waals surface area contributed by atoms with Crippen LogP contribution in [-0.4, -0.2) is 55.9 Å². The molecule has 1 atom stereocenters. The molecular formula is C19H26ClN3O4S. The number of nitrogens with one attached hydrogen (secondary N) is 2. The number of halogens is 1. The van der Waals surface area contributed by atoms with Crippen molar-refractivity contribution in [2.24, 2.45) is 0 Å². The molecule has 0 heterocycles. The number of hydrogen-bond donors (Lipinski definition) is 3. The van der Waals surface area contributed by atoms with Crippen LogP contribution < -0.4 is 10.6 Å². The third-order valence-corrected chi connectivity index (χ3v) is 8.30. The lowest BCUT2D eigenvalue weighted by Crippen LogP contribution is -2.47. The predicted molar refractivity (Wildman–Crippen MR) is 110 cm³/mol. The summed E-state index contributed by atoms with van der Waals surface area (Å²) in [5.74, 6) is -0.519. The Bertz CT molecular complexity index is 908. The van der Waals surface area contributed by atoms with Crippen LogP contribution in [0.5, 0.6) is 5.75 Å². The van der Waals surface area contributed by atoms with Crippen LogP contribution in [-0.2, 0) is 9.84 Å². The lowest BCUT2D eigenvalue weighted by molar-refractivity contribution is 0.196. The summed E-state index contributed by atoms with van der Waals surface area (Å²) in [7, 11) is 0.00134. The number of anilines is 1. The third-order valence-electron chi connectivity index (χ3n) is 5.63. The number of phenolic OH excluding ortho intramolecular Hbond substituents is 1. The second kappa shape index (κ2) is 7.93. The Morgan fingerprint density at radius 2 is 1.96 bits per heavy atom. The van der Waals surface area contributed by atoms with Crippen molar-refractivity contribution in [3.8, 4) is 5.75 Å². The van der Waals surface area contributed by atoms with Crippen molar-refractivity contribution in [2.75, 3.05) is 19.4 Å². The van der Waals surface area contributed by atoms with Gasteiger partial charge in [0, 0.05) is 6.04 Å². The number of rotatable bonds is 5. The van der Waals surface area contributed by atoms with Crippen molar-refractivity contribution in [2.45, 2.75) is 54.8 Å². The largest absolute Gasteiger partial charge is 0.504 e. The maximum atomic E-state index is 13.0. The molecule has 28 heavy (non-hydrogen) atoms. The van der Waals surface area contributed by atoms with Gasteiger partial charge < -0.3 is 20.6 Å². The molecule has 1 aromatic rings. The molecule has 0 aromatic heterocycles. The van der Waals surface area contributed by atoms with Crippen molar-refractivity contribution >= 4 is 33.2 Å². The number of benzene rings is 1. The molecule has 3 N–H and O–H groups in total. The minimum atomic E-state index is -3.81. The minimum Gasteiger partial charge on any atom is -0.504 e. The number of carbonyl (C=O) groups is 1. The molecule has 2 amide bonds. The molecule has 7 nitrogen and oxygen atoms in total. The lowest BCUT2D eigenvalue weighted by atomic mass is 9.91. The Hall–Kier alpha value is -1.77. The summed E-state index contributed by atoms with van der Waals surface area (Å²) in [5, 5.41) is 15.3. The van der Waals surface area contributed by atoms with E-state index in [0.29, 0.717) is 12.8 Å². The maximum absolute atomic E-state index is 13.0. The molecule has 154 valence electrons. The Morgan fingerprint density at radius 1 is 1.29 bits per heavy atom. The highest BCUT2D eigenvalue weighted by Crippen LogP contribution is 2.43. The molecule has 3 rings (SSSR count). The van der Waals surface area contributed by atoms with Crippen LogP contribution in [0.15, 0.2) is 28.7 Å². The lowest BCUT2D eigenvalue weighted by Gasteiger charge is -2.39. The second-order valence-corrected chi connectivity index (χ2v) is 10.3. The molecule has 0 aliphatic heterocycles. The van der Waals surface area contributed by atoms with E-state index < -0.39 is 26.9 Å². The summed E-state index contributed by atoms with van der Waals surface area (Å²) in [6.45, 7) is 1.95. The molecule has 0 spiro atoms. The van der Waals surface area contributed by atoms with E-state index in [9.17, 15) is 18.3 Å². The van der Waals surface area contributed by atoms with E-state index in [2.05, 4.69) is 16.7 Å². The predicted octanol–water partition coefficient (Wildman–Crippen LogP) is 3.14. The second-order valence-electron chi connectivity index (χ2n) is 7.71. The smallest absolute Gasteiger partial charge is 0.319 e. The van der Waals surface area contributed by atoms with Gasteiger partial charge in [0.05, 0.1) is 22.0 Å². The molecule has 2 aliphatic carbocycles. The number of aromatic hydroxyl groups is 1. The Labute approximate surface area is 170 Å². The fourth-order valence-corrected chi connectivity index (χ4v) is 6.13. The number of amides is 2. The quantitative estimate of drug-likeness (QED) is 0.495. The van der Waals surface area contributed by atoms with Gasteiger partial charge >= 0.3 is 6.03 Å². The zero-order valence-electron chi connectivity index (χ0n) is 16.2. The summed E-state index contributed by atoms with van der Waals surface area (Å²) in [6, 6.07) is 2.41. The number of allylic oxidation sites excluding steroid dienone is 1. The molecule has 2 aliphatic rings. The molecule has 1 aromatic carbocycles. The fourth-order valence-electron chi connectivity index (χ4n) is 3.65. The standard InChI is InChI=1S/C19H26ClN3O4S/c1-11-5-4-6-15(11)21-19(25)22-16-8-7-14(20)18(17(16)24)28(26,27)13-9-12(10-13)23(2)3/h5,7-8,12-13,15,24H,4,6,9-10H2,1-3H3,(H2,21,22,25)/t12?,13?,15-/m1/s1. The van der Waals surface area contributed by atoms with Gasteiger partial charge in [-0.3, -0.25) is 0 Å². The van der Waals surface area contributed by atoms with Crippen LogP contribution in [0, 0.1) is 0 Å². The molecule has 0 saturated heterocycles. The minimum absolute atomic E-state index is 0.0172. The molecular weight excluding hydrogens is 402 g/mol. The first-order valence-electron chi connectivity index (χ1n) is 9.27. The summed E-state index contributed by atoms with van der Waals surface area (Å²) >= 11 is 6.12. The molecule has 1 saturated carbocycles. The van der Waals surface area contributed by atoms with Crippen molar-refractivity contribution < 1.29 is 18.3 Å². The normalized spacial score (nSPS) is 24.6. The van der Waals surface area contributed by atoms with Crippen molar-refractivity contribution in [3.05, 3.63) is 28.8 Å². The van der Waals surface area contributed by atoms with E-state index in [1.165, 1.54) is 12.1 Å². The Balaban J connectivity index is 1.78. The molecule has 0 radical (unpaired) electrons. The van der Waals surface area contributed by atoms with E-state index >= 15 is 0 Å². The molecule has 9 heteroatoms. The number of sulfone groups is 1. The number of urea groups is 1. The highest BCUT2D eigenvalue weighted by Gasteiger charge is 2.42. The molecule has 0 unspecified atom stereocenters. The fraction of sp³-hybridized carbons (Fsp3) is 0.526. The van der Waals surface area contributed by atoms with Gasteiger partial charge in [-0.25, -0.2) is 13.2 Å². The van der Waals surface area contributed by atoms with Crippen LogP contribution in [0.3, 0.4) is 0 Å². The number of carbonyl (C=O) groups excluding carboxylic acids is 1. The third kappa shape index (κ3) is 3.99. The SMILES string of the molecule is CC1=CCC[C@H]1NC(=O)Nc1ccc(Cl)c(S(=O)(=O)C2CC(N(C)C)C2)c1O. The summed E-state index contributed by atoms with van der Waals surface area (Å²) in [5.41, 5.74) is 1.10. The van der Waals surface area contributed by atoms with E-state index in [1.54, 1.807) is 0 Å². The highest BCUT2D eigenvalue weighted by atomic mass is 35.5. The van der Waals surface area contributed by atoms with Gasteiger partial charge in [-0.05, 0) is 58.8 Å². The van der Waals surface area contributed by atoms with Gasteiger partial charge in [-0.1, -0.05) is 23.3 Å². The van der Waals surface area contributed by atoms with Gasteiger partial charge in [0.25, 0.3) is 0 Å². The van der Waals surface area contributed by atoms with Gasteiger partial charge in [0.1, 0.15) is 4.90 Å². The van der Waals surface area contributed by atoms with Gasteiger partial charge in [-0.2, -0.15) is 0 Å². The Kier molecular flexibility index (Phi) is 5.93. The number of nitrogens with zero attached hydrogens (tertiary/aromatic N) is 1. The first-order chi connectivity index (χ1) is 13.1. The van der Waals surface area contributed by atoms with Crippen molar-refractivity contribution in [1.29, 1.82) is 0 Å². The van der Waals surface area contributed by atoms with Gasteiger partial charge in [0.15, 0.2) is 15.6 Å². The zero-order valence-corrected chi connectivity index (χ0v) is 17.8. The number of hydrogen-bond acceptors (Lipinski definition) is 5. The summed E-state index contributed by atoms with van der Waals surface area (Å²) in [6.07, 6.45) is 4.75. The van der Waals surface area contributed by atoms with E-state index in [0.717, 1.165) is 18.4 Å². The summed E-state index contributed by atoms with van der Waals surface area (Å²) < 4.78 is 26.0. The monoisotopic (exact) mass is 427 g/mol. The van der Waals surface area contributed by atoms with E-state index in [1.807, 2.05) is 25.9 Å². The number of phenols is 1. The molecule has 0 bridgehead atoms. The van der Waals surface area contributed by atoms with Crippen LogP contribution in [0.25, 0.3) is 0 Å². The van der Waals surface area contributed by atoms with Crippen molar-refractivity contribution in [3.63, 3.8) is 0 Å². The maximum Gasteiger partial charge on any atom is 0.319 e. The first-order valence-corrected chi connectivity index (χ1v) is 11.2. The van der Waals surface area contributed by atoms with Gasteiger partial charge in [-0.15, -0.1) is 0 Å². The van der Waals surface area contributed by atoms with Crippen molar-refractivity contribution in [1.82, 2.24) is 10.2 Å².